The number of rotatable bonds is 1. The highest BCUT2D eigenvalue weighted by Gasteiger charge is 2.18. The fourth-order valence-corrected chi connectivity index (χ4v) is 1.70. The molecule has 2 heteroatoms. The van der Waals surface area contributed by atoms with Gasteiger partial charge in [-0.15, -0.1) is 0 Å². The SMILES string of the molecule is CC1=CCOC(c2ccccc2O)C1. The Labute approximate surface area is 83.8 Å². The molecule has 0 spiro atoms. The van der Waals surface area contributed by atoms with Crippen LogP contribution < -0.4 is 0 Å². The minimum atomic E-state index is 0.0150. The summed E-state index contributed by atoms with van der Waals surface area (Å²) < 4.78 is 5.58. The number of hydrogen-bond donors (Lipinski definition) is 1. The normalized spacial score (nSPS) is 21.8. The highest BCUT2D eigenvalue weighted by atomic mass is 16.5. The molecule has 1 aliphatic heterocycles. The summed E-state index contributed by atoms with van der Waals surface area (Å²) in [6.07, 6.45) is 2.97. The van der Waals surface area contributed by atoms with Gasteiger partial charge in [0.05, 0.1) is 12.7 Å². The maximum absolute atomic E-state index is 9.65. The Morgan fingerprint density at radius 1 is 1.36 bits per heavy atom. The Kier molecular flexibility index (Phi) is 2.55. The quantitative estimate of drug-likeness (QED) is 0.690. The van der Waals surface area contributed by atoms with E-state index in [0.717, 1.165) is 12.0 Å². The summed E-state index contributed by atoms with van der Waals surface area (Å²) in [6.45, 7) is 2.74. The molecule has 2 nitrogen and oxygen atoms in total. The van der Waals surface area contributed by atoms with Crippen molar-refractivity contribution >= 4 is 0 Å². The summed E-state index contributed by atoms with van der Waals surface area (Å²) >= 11 is 0. The van der Waals surface area contributed by atoms with E-state index in [9.17, 15) is 5.11 Å². The lowest BCUT2D eigenvalue weighted by Crippen LogP contribution is -2.10. The summed E-state index contributed by atoms with van der Waals surface area (Å²) in [5.74, 6) is 0.326. The first-order valence-corrected chi connectivity index (χ1v) is 4.82. The Morgan fingerprint density at radius 3 is 2.86 bits per heavy atom. The van der Waals surface area contributed by atoms with Crippen LogP contribution in [0.2, 0.25) is 0 Å². The highest BCUT2D eigenvalue weighted by molar-refractivity contribution is 5.34. The number of aromatic hydroxyl groups is 1. The molecule has 74 valence electrons. The Bertz CT molecular complexity index is 355. The van der Waals surface area contributed by atoms with Gasteiger partial charge in [0.2, 0.25) is 0 Å². The second kappa shape index (κ2) is 3.84. The molecule has 0 amide bonds. The van der Waals surface area contributed by atoms with Crippen molar-refractivity contribution in [3.63, 3.8) is 0 Å². The summed E-state index contributed by atoms with van der Waals surface area (Å²) in [6, 6.07) is 7.36. The van der Waals surface area contributed by atoms with Crippen LogP contribution in [-0.4, -0.2) is 11.7 Å². The third-order valence-corrected chi connectivity index (χ3v) is 2.52. The second-order valence-corrected chi connectivity index (χ2v) is 3.64. The number of para-hydroxylation sites is 1. The van der Waals surface area contributed by atoms with Crippen molar-refractivity contribution in [2.75, 3.05) is 6.61 Å². The summed E-state index contributed by atoms with van der Waals surface area (Å²) in [7, 11) is 0. The first-order chi connectivity index (χ1) is 6.77. The predicted molar refractivity (Wildman–Crippen MR) is 55.2 cm³/mol. The first-order valence-electron chi connectivity index (χ1n) is 4.82. The molecule has 0 saturated carbocycles. The van der Waals surface area contributed by atoms with Crippen LogP contribution in [0.4, 0.5) is 0 Å². The topological polar surface area (TPSA) is 29.5 Å². The van der Waals surface area contributed by atoms with Gasteiger partial charge in [0.1, 0.15) is 5.75 Å². The van der Waals surface area contributed by atoms with Crippen LogP contribution in [-0.2, 0) is 4.74 Å². The Morgan fingerprint density at radius 2 is 2.14 bits per heavy atom. The molecule has 1 heterocycles. The number of phenols is 1. The van der Waals surface area contributed by atoms with Gasteiger partial charge in [-0.2, -0.15) is 0 Å². The van der Waals surface area contributed by atoms with Gasteiger partial charge in [-0.05, 0) is 19.4 Å². The van der Waals surface area contributed by atoms with Gasteiger partial charge in [0.15, 0.2) is 0 Å². The third-order valence-electron chi connectivity index (χ3n) is 2.52. The van der Waals surface area contributed by atoms with Gasteiger partial charge >= 0.3 is 0 Å². The second-order valence-electron chi connectivity index (χ2n) is 3.64. The molecule has 1 atom stereocenters. The minimum absolute atomic E-state index is 0.0150. The lowest BCUT2D eigenvalue weighted by Gasteiger charge is -2.22. The van der Waals surface area contributed by atoms with E-state index in [0.29, 0.717) is 12.4 Å². The van der Waals surface area contributed by atoms with Crippen molar-refractivity contribution in [2.45, 2.75) is 19.4 Å². The van der Waals surface area contributed by atoms with Crippen LogP contribution in [0.1, 0.15) is 25.0 Å². The van der Waals surface area contributed by atoms with Crippen LogP contribution in [0.5, 0.6) is 5.75 Å². The molecule has 1 N–H and O–H groups in total. The maximum atomic E-state index is 9.65. The summed E-state index contributed by atoms with van der Waals surface area (Å²) in [5.41, 5.74) is 2.21. The maximum Gasteiger partial charge on any atom is 0.121 e. The number of ether oxygens (including phenoxy) is 1. The Hall–Kier alpha value is -1.28. The van der Waals surface area contributed by atoms with Crippen LogP contribution in [0, 0.1) is 0 Å². The van der Waals surface area contributed by atoms with Gasteiger partial charge in [-0.3, -0.25) is 0 Å². The van der Waals surface area contributed by atoms with Crippen molar-refractivity contribution in [1.29, 1.82) is 0 Å². The average molecular weight is 190 g/mol. The number of benzene rings is 1. The molecule has 0 fully saturated rings. The summed E-state index contributed by atoms with van der Waals surface area (Å²) in [5, 5.41) is 9.65. The van der Waals surface area contributed by atoms with Crippen molar-refractivity contribution in [1.82, 2.24) is 0 Å². The van der Waals surface area contributed by atoms with Crippen molar-refractivity contribution in [3.05, 3.63) is 41.5 Å². The standard InChI is InChI=1S/C12H14O2/c1-9-6-7-14-12(8-9)10-4-2-3-5-11(10)13/h2-6,12-13H,7-8H2,1H3. The minimum Gasteiger partial charge on any atom is -0.508 e. The van der Waals surface area contributed by atoms with E-state index < -0.39 is 0 Å². The summed E-state index contributed by atoms with van der Waals surface area (Å²) in [4.78, 5) is 0. The highest BCUT2D eigenvalue weighted by Crippen LogP contribution is 2.33. The molecular formula is C12H14O2. The van der Waals surface area contributed by atoms with Gasteiger partial charge in [-0.1, -0.05) is 29.8 Å². The zero-order valence-corrected chi connectivity index (χ0v) is 8.23. The molecule has 1 aromatic rings. The van der Waals surface area contributed by atoms with E-state index in [-0.39, 0.29) is 6.10 Å². The zero-order chi connectivity index (χ0) is 9.97. The van der Waals surface area contributed by atoms with E-state index in [1.807, 2.05) is 18.2 Å². The van der Waals surface area contributed by atoms with E-state index in [4.69, 9.17) is 4.74 Å². The molecule has 0 radical (unpaired) electrons. The van der Waals surface area contributed by atoms with Gasteiger partial charge in [0, 0.05) is 5.56 Å². The van der Waals surface area contributed by atoms with Crippen molar-refractivity contribution < 1.29 is 9.84 Å². The molecule has 1 aliphatic rings. The number of phenolic OH excluding ortho intramolecular Hbond substituents is 1. The van der Waals surface area contributed by atoms with Gasteiger partial charge in [0.25, 0.3) is 0 Å². The third kappa shape index (κ3) is 1.80. The number of hydrogen-bond acceptors (Lipinski definition) is 2. The smallest absolute Gasteiger partial charge is 0.121 e. The molecule has 0 bridgehead atoms. The Balaban J connectivity index is 2.24. The molecule has 0 saturated heterocycles. The molecule has 1 unspecified atom stereocenters. The van der Waals surface area contributed by atoms with Crippen molar-refractivity contribution in [3.8, 4) is 5.75 Å². The van der Waals surface area contributed by atoms with E-state index in [1.54, 1.807) is 6.07 Å². The van der Waals surface area contributed by atoms with E-state index >= 15 is 0 Å². The predicted octanol–water partition coefficient (Wildman–Crippen LogP) is 2.80. The fourth-order valence-electron chi connectivity index (χ4n) is 1.70. The molecule has 2 rings (SSSR count). The van der Waals surface area contributed by atoms with Crippen LogP contribution in [0.3, 0.4) is 0 Å². The van der Waals surface area contributed by atoms with Crippen LogP contribution in [0.25, 0.3) is 0 Å². The molecule has 0 aliphatic carbocycles. The fraction of sp³-hybridized carbons (Fsp3) is 0.333. The molecular weight excluding hydrogens is 176 g/mol. The lowest BCUT2D eigenvalue weighted by atomic mass is 9.99. The largest absolute Gasteiger partial charge is 0.508 e. The van der Waals surface area contributed by atoms with E-state index in [2.05, 4.69) is 13.0 Å². The zero-order valence-electron chi connectivity index (χ0n) is 8.23. The lowest BCUT2D eigenvalue weighted by molar-refractivity contribution is 0.0624. The molecule has 1 aromatic carbocycles. The first kappa shape index (κ1) is 9.28. The van der Waals surface area contributed by atoms with Crippen molar-refractivity contribution in [2.24, 2.45) is 0 Å². The monoisotopic (exact) mass is 190 g/mol. The average Bonchev–Trinajstić information content (AvgIpc) is 2.18. The molecule has 14 heavy (non-hydrogen) atoms. The molecule has 0 aromatic heterocycles. The van der Waals surface area contributed by atoms with E-state index in [1.165, 1.54) is 5.57 Å². The van der Waals surface area contributed by atoms with Gasteiger partial charge in [-0.25, -0.2) is 0 Å². The van der Waals surface area contributed by atoms with Crippen LogP contribution in [0.15, 0.2) is 35.9 Å². The van der Waals surface area contributed by atoms with Crippen LogP contribution >= 0.6 is 0 Å². The van der Waals surface area contributed by atoms with Gasteiger partial charge < -0.3 is 9.84 Å².